The smallest absolute Gasteiger partial charge is 0.181 e. The fourth-order valence-electron chi connectivity index (χ4n) is 3.61. The van der Waals surface area contributed by atoms with Gasteiger partial charge in [0.1, 0.15) is 11.9 Å². The standard InChI is InChI=1S/C16H20FNO3/c1-9(19)15-14-13(8-20-15)21-10(2)18-16(14,3)11-6-4-5-7-12(11)17/h4-7,9,13-15,19H,8H2,1-3H3/t9?,13-,14-,15+,16-/m1/s1. The van der Waals surface area contributed by atoms with Crippen molar-refractivity contribution in [2.75, 3.05) is 6.61 Å². The maximum absolute atomic E-state index is 14.3. The fourth-order valence-corrected chi connectivity index (χ4v) is 3.61. The van der Waals surface area contributed by atoms with E-state index in [4.69, 9.17) is 9.47 Å². The maximum Gasteiger partial charge on any atom is 0.181 e. The molecule has 0 spiro atoms. The Kier molecular flexibility index (Phi) is 3.50. The van der Waals surface area contributed by atoms with Crippen LogP contribution in [0.1, 0.15) is 26.3 Å². The number of fused-ring (bicyclic) bond motifs is 1. The van der Waals surface area contributed by atoms with Gasteiger partial charge in [0.15, 0.2) is 5.90 Å². The molecule has 1 aromatic rings. The molecule has 0 aromatic heterocycles. The molecule has 1 fully saturated rings. The number of hydrogen-bond acceptors (Lipinski definition) is 4. The number of aliphatic hydroxyl groups is 1. The molecule has 0 bridgehead atoms. The van der Waals surface area contributed by atoms with E-state index in [1.807, 2.05) is 6.92 Å². The summed E-state index contributed by atoms with van der Waals surface area (Å²) in [5.41, 5.74) is -0.296. The van der Waals surface area contributed by atoms with Gasteiger partial charge in [-0.05, 0) is 19.9 Å². The van der Waals surface area contributed by atoms with Gasteiger partial charge in [0.05, 0.1) is 30.3 Å². The minimum Gasteiger partial charge on any atom is -0.475 e. The van der Waals surface area contributed by atoms with Gasteiger partial charge in [-0.1, -0.05) is 18.2 Å². The summed E-state index contributed by atoms with van der Waals surface area (Å²) >= 11 is 0. The molecule has 21 heavy (non-hydrogen) atoms. The van der Waals surface area contributed by atoms with Crippen LogP contribution in [-0.2, 0) is 15.0 Å². The van der Waals surface area contributed by atoms with Crippen molar-refractivity contribution in [2.24, 2.45) is 10.9 Å². The zero-order valence-electron chi connectivity index (χ0n) is 12.4. The van der Waals surface area contributed by atoms with Gasteiger partial charge in [0.25, 0.3) is 0 Å². The first-order valence-corrected chi connectivity index (χ1v) is 7.21. The Labute approximate surface area is 123 Å². The van der Waals surface area contributed by atoms with E-state index in [1.54, 1.807) is 32.0 Å². The van der Waals surface area contributed by atoms with Crippen molar-refractivity contribution in [3.05, 3.63) is 35.6 Å². The second-order valence-corrected chi connectivity index (χ2v) is 5.98. The van der Waals surface area contributed by atoms with Crippen LogP contribution >= 0.6 is 0 Å². The molecule has 2 aliphatic rings. The lowest BCUT2D eigenvalue weighted by molar-refractivity contribution is -0.0275. The van der Waals surface area contributed by atoms with E-state index in [-0.39, 0.29) is 17.8 Å². The summed E-state index contributed by atoms with van der Waals surface area (Å²) in [6.45, 7) is 5.72. The van der Waals surface area contributed by atoms with E-state index >= 15 is 0 Å². The van der Waals surface area contributed by atoms with Gasteiger partial charge < -0.3 is 14.6 Å². The molecule has 0 amide bonds. The van der Waals surface area contributed by atoms with Crippen molar-refractivity contribution in [3.8, 4) is 0 Å². The summed E-state index contributed by atoms with van der Waals surface area (Å²) in [4.78, 5) is 4.58. The maximum atomic E-state index is 14.3. The summed E-state index contributed by atoms with van der Waals surface area (Å²) in [6.07, 6.45) is -1.30. The second-order valence-electron chi connectivity index (χ2n) is 5.98. The SMILES string of the molecule is CC1=N[C@](C)(c2ccccc2F)[C@@H]2[C@@H](CO[C@H]2C(C)O)O1. The van der Waals surface area contributed by atoms with Crippen LogP contribution in [0.4, 0.5) is 4.39 Å². The third-order valence-corrected chi connectivity index (χ3v) is 4.46. The largest absolute Gasteiger partial charge is 0.475 e. The van der Waals surface area contributed by atoms with E-state index < -0.39 is 17.7 Å². The summed E-state index contributed by atoms with van der Waals surface area (Å²) in [5.74, 6) is 0.00314. The van der Waals surface area contributed by atoms with E-state index in [9.17, 15) is 9.50 Å². The quantitative estimate of drug-likeness (QED) is 0.910. The molecule has 1 saturated heterocycles. The molecule has 1 aromatic carbocycles. The minimum absolute atomic E-state index is 0.216. The zero-order valence-corrected chi connectivity index (χ0v) is 12.4. The summed E-state index contributed by atoms with van der Waals surface area (Å²) in [6, 6.07) is 6.63. The third-order valence-electron chi connectivity index (χ3n) is 4.46. The molecule has 0 saturated carbocycles. The molecule has 114 valence electrons. The lowest BCUT2D eigenvalue weighted by atomic mass is 9.73. The minimum atomic E-state index is -0.809. The fraction of sp³-hybridized carbons (Fsp3) is 0.562. The number of halogens is 1. The molecule has 1 N–H and O–H groups in total. The Morgan fingerprint density at radius 2 is 2.14 bits per heavy atom. The lowest BCUT2D eigenvalue weighted by Crippen LogP contribution is -2.49. The van der Waals surface area contributed by atoms with Gasteiger partial charge in [-0.2, -0.15) is 0 Å². The van der Waals surface area contributed by atoms with Crippen molar-refractivity contribution in [2.45, 2.75) is 44.6 Å². The molecule has 0 aliphatic carbocycles. The van der Waals surface area contributed by atoms with Crippen molar-refractivity contribution in [3.63, 3.8) is 0 Å². The third kappa shape index (κ3) is 2.24. The van der Waals surface area contributed by atoms with Gasteiger partial charge >= 0.3 is 0 Å². The number of benzene rings is 1. The van der Waals surface area contributed by atoms with Crippen LogP contribution in [0.2, 0.25) is 0 Å². The van der Waals surface area contributed by atoms with Crippen molar-refractivity contribution >= 4 is 5.90 Å². The molecule has 2 aliphatic heterocycles. The Morgan fingerprint density at radius 3 is 2.81 bits per heavy atom. The second kappa shape index (κ2) is 5.07. The Bertz CT molecular complexity index is 574. The predicted octanol–water partition coefficient (Wildman–Crippen LogP) is 2.25. The van der Waals surface area contributed by atoms with Crippen LogP contribution in [0.15, 0.2) is 29.3 Å². The van der Waals surface area contributed by atoms with Gasteiger partial charge in [0, 0.05) is 12.5 Å². The molecule has 3 rings (SSSR count). The molecule has 0 radical (unpaired) electrons. The Morgan fingerprint density at radius 1 is 1.43 bits per heavy atom. The lowest BCUT2D eigenvalue weighted by Gasteiger charge is -2.42. The van der Waals surface area contributed by atoms with Crippen LogP contribution in [0, 0.1) is 11.7 Å². The number of nitrogens with zero attached hydrogens (tertiary/aromatic N) is 1. The highest BCUT2D eigenvalue weighted by Gasteiger charge is 2.55. The van der Waals surface area contributed by atoms with Gasteiger partial charge in [-0.3, -0.25) is 0 Å². The predicted molar refractivity (Wildman–Crippen MR) is 76.6 cm³/mol. The number of aliphatic imine (C=N–C) groups is 1. The highest BCUT2D eigenvalue weighted by molar-refractivity contribution is 5.75. The van der Waals surface area contributed by atoms with E-state index in [0.717, 1.165) is 0 Å². The topological polar surface area (TPSA) is 51.0 Å². The van der Waals surface area contributed by atoms with E-state index in [1.165, 1.54) is 6.07 Å². The van der Waals surface area contributed by atoms with Gasteiger partial charge in [0.2, 0.25) is 0 Å². The highest BCUT2D eigenvalue weighted by atomic mass is 19.1. The molecule has 2 heterocycles. The average molecular weight is 293 g/mol. The van der Waals surface area contributed by atoms with Crippen LogP contribution in [-0.4, -0.2) is 35.9 Å². The average Bonchev–Trinajstić information content (AvgIpc) is 2.83. The Balaban J connectivity index is 2.13. The molecule has 5 heteroatoms. The van der Waals surface area contributed by atoms with Crippen molar-refractivity contribution in [1.29, 1.82) is 0 Å². The number of ether oxygens (including phenoxy) is 2. The molecular weight excluding hydrogens is 273 g/mol. The molecule has 5 atom stereocenters. The molecular formula is C16H20FNO3. The zero-order chi connectivity index (χ0) is 15.2. The summed E-state index contributed by atoms with van der Waals surface area (Å²) in [5, 5.41) is 9.98. The summed E-state index contributed by atoms with van der Waals surface area (Å²) < 4.78 is 25.8. The van der Waals surface area contributed by atoms with E-state index in [0.29, 0.717) is 18.1 Å². The first kappa shape index (κ1) is 14.5. The molecule has 4 nitrogen and oxygen atoms in total. The van der Waals surface area contributed by atoms with Crippen molar-refractivity contribution in [1.82, 2.24) is 0 Å². The van der Waals surface area contributed by atoms with Crippen LogP contribution in [0.3, 0.4) is 0 Å². The first-order valence-electron chi connectivity index (χ1n) is 7.21. The number of hydrogen-bond donors (Lipinski definition) is 1. The normalized spacial score (nSPS) is 36.6. The number of aliphatic hydroxyl groups excluding tert-OH is 1. The highest BCUT2D eigenvalue weighted by Crippen LogP contribution is 2.46. The van der Waals surface area contributed by atoms with Crippen LogP contribution < -0.4 is 0 Å². The monoisotopic (exact) mass is 293 g/mol. The number of rotatable bonds is 2. The van der Waals surface area contributed by atoms with Crippen LogP contribution in [0.5, 0.6) is 0 Å². The summed E-state index contributed by atoms with van der Waals surface area (Å²) in [7, 11) is 0. The van der Waals surface area contributed by atoms with Crippen molar-refractivity contribution < 1.29 is 19.0 Å². The van der Waals surface area contributed by atoms with Gasteiger partial charge in [-0.25, -0.2) is 9.38 Å². The first-order chi connectivity index (χ1) is 9.93. The van der Waals surface area contributed by atoms with E-state index in [2.05, 4.69) is 4.99 Å². The Hall–Kier alpha value is -1.46. The van der Waals surface area contributed by atoms with Gasteiger partial charge in [-0.15, -0.1) is 0 Å². The molecule has 1 unspecified atom stereocenters. The van der Waals surface area contributed by atoms with Crippen LogP contribution in [0.25, 0.3) is 0 Å².